The van der Waals surface area contributed by atoms with E-state index in [-0.39, 0.29) is 61.1 Å². The van der Waals surface area contributed by atoms with Gasteiger partial charge in [0, 0.05) is 35.2 Å². The molecule has 17 nitrogen and oxygen atoms in total. The van der Waals surface area contributed by atoms with Gasteiger partial charge in [0.05, 0.1) is 49.3 Å². The molecule has 0 aliphatic carbocycles. The molecule has 2 aromatic carbocycles. The lowest BCUT2D eigenvalue weighted by Crippen LogP contribution is -2.57. The summed E-state index contributed by atoms with van der Waals surface area (Å²) in [6, 6.07) is 18.5. The number of benzene rings is 2. The van der Waals surface area contributed by atoms with Crippen molar-refractivity contribution in [2.45, 2.75) is 119 Å². The number of Topliss-reactive ketones (excluding diaryl/α,β-unsaturated/α-hetero) is 1. The lowest BCUT2D eigenvalue weighted by Gasteiger charge is -2.34. The number of nitrogens with zero attached hydrogens (tertiary/aromatic N) is 6. The van der Waals surface area contributed by atoms with Crippen molar-refractivity contribution in [3.8, 4) is 23.7 Å². The largest absolute Gasteiger partial charge is 0.365 e. The van der Waals surface area contributed by atoms with Crippen molar-refractivity contribution in [1.29, 1.82) is 0 Å². The third-order valence-corrected chi connectivity index (χ3v) is 14.7. The van der Waals surface area contributed by atoms with Crippen molar-refractivity contribution in [3.05, 3.63) is 60.7 Å². The topological polar surface area (TPSA) is 185 Å². The molecule has 0 spiro atoms. The Hall–Kier alpha value is -5.12. The summed E-state index contributed by atoms with van der Waals surface area (Å²) in [6.07, 6.45) is 2.70. The number of likely N-dealkylation sites (N-methyl/N-ethyl adjacent to an activating group) is 1. The van der Waals surface area contributed by atoms with E-state index in [2.05, 4.69) is 60.9 Å². The van der Waals surface area contributed by atoms with E-state index in [0.29, 0.717) is 39.3 Å². The van der Waals surface area contributed by atoms with Crippen LogP contribution >= 0.6 is 23.5 Å². The highest BCUT2D eigenvalue weighted by molar-refractivity contribution is 8.14. The summed E-state index contributed by atoms with van der Waals surface area (Å²) in [4.78, 5) is 65.6. The van der Waals surface area contributed by atoms with Gasteiger partial charge in [0.2, 0.25) is 22.9 Å². The van der Waals surface area contributed by atoms with E-state index in [0.717, 1.165) is 45.8 Å². The first kappa shape index (κ1) is 52.3. The van der Waals surface area contributed by atoms with Gasteiger partial charge in [0.25, 0.3) is 0 Å². The van der Waals surface area contributed by atoms with E-state index in [1.165, 1.54) is 11.8 Å². The first-order chi connectivity index (χ1) is 33.0. The Balaban J connectivity index is 1.02. The fourth-order valence-corrected chi connectivity index (χ4v) is 9.94. The highest BCUT2D eigenvalue weighted by Gasteiger charge is 2.41. The van der Waals surface area contributed by atoms with Crippen molar-refractivity contribution >= 4 is 57.4 Å². The second kappa shape index (κ2) is 26.6. The number of carbonyl (C=O) groups is 4. The maximum Gasteiger partial charge on any atom is 0.248 e. The normalized spacial score (nSPS) is 20.4. The van der Waals surface area contributed by atoms with Gasteiger partial charge in [-0.2, -0.15) is 0 Å². The number of ketones is 1. The molecule has 5 N–H and O–H groups in total. The first-order valence-electron chi connectivity index (χ1n) is 23.6. The minimum Gasteiger partial charge on any atom is -0.365 e. The van der Waals surface area contributed by atoms with Gasteiger partial charge in [0.15, 0.2) is 5.17 Å². The predicted octanol–water partition coefficient (Wildman–Crippen LogP) is 3.81. The molecule has 19 heteroatoms. The Morgan fingerprint density at radius 2 is 1.37 bits per heavy atom. The van der Waals surface area contributed by atoms with E-state index in [1.807, 2.05) is 101 Å². The fourth-order valence-electron chi connectivity index (χ4n) is 8.24. The second-order valence-electron chi connectivity index (χ2n) is 17.3. The van der Waals surface area contributed by atoms with E-state index < -0.39 is 30.2 Å². The number of likely N-dealkylation sites (tertiary alicyclic amines) is 2. The van der Waals surface area contributed by atoms with Crippen LogP contribution in [0.1, 0.15) is 73.1 Å². The van der Waals surface area contributed by atoms with Crippen LogP contribution in [0.25, 0.3) is 0 Å². The van der Waals surface area contributed by atoms with Crippen LogP contribution in [0.4, 0.5) is 0 Å². The lowest BCUT2D eigenvalue weighted by molar-refractivity contribution is -0.144. The summed E-state index contributed by atoms with van der Waals surface area (Å²) in [6.45, 7) is 11.8. The van der Waals surface area contributed by atoms with Gasteiger partial charge >= 0.3 is 0 Å². The van der Waals surface area contributed by atoms with Gasteiger partial charge in [-0.15, -0.1) is 10.6 Å². The molecule has 0 aromatic heterocycles. The number of nitrogens with one attached hydrogen (secondary N) is 5. The molecule has 6 unspecified atom stereocenters. The van der Waals surface area contributed by atoms with Crippen LogP contribution in [0, 0.1) is 35.5 Å². The molecule has 0 bridgehead atoms. The molecule has 3 amide bonds. The molecular weight excluding hydrogens is 903 g/mol. The molecule has 4 heterocycles. The van der Waals surface area contributed by atoms with Crippen LogP contribution in [0.2, 0.25) is 0 Å². The molecule has 366 valence electrons. The monoisotopic (exact) mass is 969 g/mol. The zero-order valence-electron chi connectivity index (χ0n) is 40.0. The maximum absolute atomic E-state index is 14.3. The number of amides is 3. The zero-order valence-corrected chi connectivity index (χ0v) is 41.7. The van der Waals surface area contributed by atoms with Crippen molar-refractivity contribution in [3.63, 3.8) is 0 Å². The molecule has 8 atom stereocenters. The standard InChI is InChI=1S/C49H67N11O6S2/c1-7-34(2)45(62)53-44(47(64)58-27-19-20-38(58)31-59-48(51-33-52-59)67-40-22-12-10-13-23-40)37(5)66-29-17-9-8-16-28-65-36(4)42(30-43(61)35(3)50-6)46(63)57-26-18-21-39(57)32-60-49(54-55-56-60)68-41-24-14-11-15-25-41/h10-15,22-25,34-39,42,44,50,52,55-56H,7,18-21,26-33H2,1-6H3,(H,53,62)/t34-,35+,36?,37?,38?,39?,42?,44?/m1/s1. The number of hydrogen-bond acceptors (Lipinski definition) is 16. The Bertz CT molecular complexity index is 2050. The number of hydrazine groups is 3. The smallest absolute Gasteiger partial charge is 0.248 e. The van der Waals surface area contributed by atoms with Gasteiger partial charge in [-0.25, -0.2) is 16.0 Å². The summed E-state index contributed by atoms with van der Waals surface area (Å²) in [5.41, 5.74) is 9.27. The minimum absolute atomic E-state index is 0.00352. The molecule has 2 fully saturated rings. The first-order valence-corrected chi connectivity index (χ1v) is 25.3. The third kappa shape index (κ3) is 14.7. The molecule has 4 aliphatic rings. The summed E-state index contributed by atoms with van der Waals surface area (Å²) in [5, 5.41) is 15.9. The summed E-state index contributed by atoms with van der Waals surface area (Å²) in [5.74, 6) is 9.82. The number of rotatable bonds is 21. The molecule has 68 heavy (non-hydrogen) atoms. The van der Waals surface area contributed by atoms with Crippen molar-refractivity contribution in [2.24, 2.45) is 21.9 Å². The SMILES string of the molecule is CC[C@@H](C)C(=O)NC(C(=O)N1CCCC1CN1NCN=C1Sc1ccccc1)C(C)OCC#CC#CCOC(C)C(CC(=O)[C@H](C)NC)C(=O)N1CCCC1CN1NNN=C1Sc1ccccc1. The highest BCUT2D eigenvalue weighted by atomic mass is 32.2. The molecular formula is C49H67N11O6S2. The molecule has 2 aromatic rings. The van der Waals surface area contributed by atoms with Gasteiger partial charge in [-0.05, 0) is 108 Å². The van der Waals surface area contributed by atoms with Crippen molar-refractivity contribution in [2.75, 3.05) is 53.1 Å². The minimum atomic E-state index is -0.911. The van der Waals surface area contributed by atoms with Gasteiger partial charge in [0.1, 0.15) is 31.7 Å². The number of thioether (sulfide) groups is 2. The number of hydrazone groups is 1. The van der Waals surface area contributed by atoms with Gasteiger partial charge in [-0.3, -0.25) is 29.2 Å². The molecule has 6 rings (SSSR count). The van der Waals surface area contributed by atoms with Crippen LogP contribution in [0.15, 0.2) is 80.5 Å². The Kier molecular flexibility index (Phi) is 20.4. The number of amidine groups is 2. The van der Waals surface area contributed by atoms with E-state index >= 15 is 0 Å². The third-order valence-electron chi connectivity index (χ3n) is 12.7. The molecule has 0 saturated carbocycles. The molecule has 4 aliphatic heterocycles. The van der Waals surface area contributed by atoms with Crippen LogP contribution in [-0.2, 0) is 28.7 Å². The summed E-state index contributed by atoms with van der Waals surface area (Å²) in [7, 11) is 1.72. The quantitative estimate of drug-likeness (QED) is 0.114. The average Bonchev–Trinajstić information content (AvgIpc) is 4.20. The van der Waals surface area contributed by atoms with Crippen molar-refractivity contribution in [1.82, 2.24) is 46.9 Å². The Morgan fingerprint density at radius 3 is 1.97 bits per heavy atom. The summed E-state index contributed by atoms with van der Waals surface area (Å²) >= 11 is 3.10. The van der Waals surface area contributed by atoms with Crippen LogP contribution in [0.3, 0.4) is 0 Å². The maximum atomic E-state index is 14.3. The molecule has 2 saturated heterocycles. The lowest BCUT2D eigenvalue weighted by atomic mass is 9.92. The predicted molar refractivity (Wildman–Crippen MR) is 266 cm³/mol. The Labute approximate surface area is 410 Å². The van der Waals surface area contributed by atoms with E-state index in [4.69, 9.17) is 9.47 Å². The van der Waals surface area contributed by atoms with Crippen LogP contribution < -0.4 is 27.1 Å². The fraction of sp³-hybridized carbons (Fsp3) is 0.551. The number of aliphatic imine (C=N–C) groups is 1. The zero-order chi connectivity index (χ0) is 48.4. The number of carbonyl (C=O) groups excluding carboxylic acids is 4. The highest BCUT2D eigenvalue weighted by Crippen LogP contribution is 2.29. The second-order valence-corrected chi connectivity index (χ2v) is 19.4. The van der Waals surface area contributed by atoms with Gasteiger partial charge in [-0.1, -0.05) is 73.8 Å². The number of hydrogen-bond donors (Lipinski definition) is 5. The van der Waals surface area contributed by atoms with E-state index in [9.17, 15) is 19.2 Å². The van der Waals surface area contributed by atoms with E-state index in [1.54, 1.807) is 32.7 Å². The van der Waals surface area contributed by atoms with Crippen LogP contribution in [0.5, 0.6) is 0 Å². The van der Waals surface area contributed by atoms with Crippen LogP contribution in [-0.4, -0.2) is 143 Å². The summed E-state index contributed by atoms with van der Waals surface area (Å²) < 4.78 is 12.2. The Morgan fingerprint density at radius 1 is 0.794 bits per heavy atom. The average molecular weight is 970 g/mol. The van der Waals surface area contributed by atoms with Crippen molar-refractivity contribution < 1.29 is 28.7 Å². The number of ether oxygens (including phenoxy) is 2. The molecule has 0 radical (unpaired) electrons. The van der Waals surface area contributed by atoms with Gasteiger partial charge < -0.3 is 29.9 Å².